The largest absolute Gasteiger partial charge is 0.396 e. The topological polar surface area (TPSA) is 46.2 Å². The summed E-state index contributed by atoms with van der Waals surface area (Å²) in [5.41, 5.74) is 7.02. The fourth-order valence-electron chi connectivity index (χ4n) is 0.929. The lowest BCUT2D eigenvalue weighted by atomic mass is 10.2. The summed E-state index contributed by atoms with van der Waals surface area (Å²) in [7, 11) is 0. The van der Waals surface area contributed by atoms with E-state index < -0.39 is 0 Å². The third kappa shape index (κ3) is 2.29. The summed E-state index contributed by atoms with van der Waals surface area (Å²) in [6.45, 7) is 2.21. The zero-order chi connectivity index (χ0) is 8.27. The van der Waals surface area contributed by atoms with Crippen molar-refractivity contribution in [2.45, 2.75) is 19.4 Å². The highest BCUT2D eigenvalue weighted by atomic mass is 32.1. The molecule has 1 aromatic rings. The molecule has 0 bridgehead atoms. The number of hydrogen-bond donors (Lipinski definition) is 2. The van der Waals surface area contributed by atoms with E-state index in [-0.39, 0.29) is 12.6 Å². The number of hydrogen-bond acceptors (Lipinski definition) is 3. The Labute approximate surface area is 70.7 Å². The molecule has 0 radical (unpaired) electrons. The zero-order valence-electron chi connectivity index (χ0n) is 6.58. The van der Waals surface area contributed by atoms with Gasteiger partial charge in [-0.25, -0.2) is 0 Å². The van der Waals surface area contributed by atoms with Gasteiger partial charge in [0.05, 0.1) is 0 Å². The lowest BCUT2D eigenvalue weighted by Gasteiger charge is -2.05. The van der Waals surface area contributed by atoms with E-state index >= 15 is 0 Å². The van der Waals surface area contributed by atoms with Crippen molar-refractivity contribution in [3.63, 3.8) is 0 Å². The van der Waals surface area contributed by atoms with Crippen LogP contribution in [0, 0.1) is 6.92 Å². The van der Waals surface area contributed by atoms with E-state index in [0.29, 0.717) is 6.42 Å². The van der Waals surface area contributed by atoms with Crippen LogP contribution in [0.3, 0.4) is 0 Å². The highest BCUT2D eigenvalue weighted by Crippen LogP contribution is 2.21. The van der Waals surface area contributed by atoms with Crippen molar-refractivity contribution in [3.8, 4) is 0 Å². The van der Waals surface area contributed by atoms with Gasteiger partial charge in [0.15, 0.2) is 0 Å². The Morgan fingerprint density at radius 3 is 2.91 bits per heavy atom. The molecule has 0 fully saturated rings. The minimum absolute atomic E-state index is 0.0127. The Morgan fingerprint density at radius 1 is 1.73 bits per heavy atom. The summed E-state index contributed by atoms with van der Waals surface area (Å²) < 4.78 is 0. The first-order valence-corrected chi connectivity index (χ1v) is 4.53. The molecule has 0 aliphatic rings. The van der Waals surface area contributed by atoms with Gasteiger partial charge in [-0.15, -0.1) is 11.3 Å². The Kier molecular flexibility index (Phi) is 3.05. The zero-order valence-corrected chi connectivity index (χ0v) is 7.40. The molecule has 1 rings (SSSR count). The first-order chi connectivity index (χ1) is 5.24. The second-order valence-corrected chi connectivity index (χ2v) is 3.59. The highest BCUT2D eigenvalue weighted by molar-refractivity contribution is 7.10. The number of aliphatic hydroxyl groups is 1. The van der Waals surface area contributed by atoms with E-state index in [9.17, 15) is 0 Å². The van der Waals surface area contributed by atoms with Gasteiger partial charge in [-0.1, -0.05) is 0 Å². The van der Waals surface area contributed by atoms with Crippen LogP contribution in [-0.2, 0) is 0 Å². The maximum atomic E-state index is 8.63. The van der Waals surface area contributed by atoms with Gasteiger partial charge in [-0.05, 0) is 30.4 Å². The van der Waals surface area contributed by atoms with Crippen LogP contribution in [0.15, 0.2) is 11.4 Å². The molecule has 3 N–H and O–H groups in total. The fourth-order valence-corrected chi connectivity index (χ4v) is 1.87. The lowest BCUT2D eigenvalue weighted by Crippen LogP contribution is -2.09. The summed E-state index contributed by atoms with van der Waals surface area (Å²) in [6.07, 6.45) is 0.653. The minimum atomic E-state index is 0.0127. The Hall–Kier alpha value is -0.380. The van der Waals surface area contributed by atoms with E-state index in [0.717, 1.165) is 4.88 Å². The smallest absolute Gasteiger partial charge is 0.0449 e. The van der Waals surface area contributed by atoms with Crippen molar-refractivity contribution >= 4 is 11.3 Å². The molecule has 0 aliphatic heterocycles. The summed E-state index contributed by atoms with van der Waals surface area (Å²) in [5, 5.41) is 10.7. The molecule has 1 heterocycles. The standard InChI is InChI=1S/C8H13NOS/c1-6-4-8(11-5-6)7(9)2-3-10/h4-5,7,10H,2-3,9H2,1H3/t7-/m1/s1. The van der Waals surface area contributed by atoms with Crippen LogP contribution in [0.25, 0.3) is 0 Å². The number of aryl methyl sites for hydroxylation is 1. The average Bonchev–Trinajstić information content (AvgIpc) is 2.36. The third-order valence-corrected chi connectivity index (χ3v) is 2.74. The molecule has 1 atom stereocenters. The Balaban J connectivity index is 2.60. The molecule has 0 spiro atoms. The summed E-state index contributed by atoms with van der Waals surface area (Å²) in [6, 6.07) is 2.09. The molecule has 2 nitrogen and oxygen atoms in total. The van der Waals surface area contributed by atoms with Gasteiger partial charge in [0.1, 0.15) is 0 Å². The van der Waals surface area contributed by atoms with Gasteiger partial charge in [0, 0.05) is 17.5 Å². The molecule has 1 aromatic heterocycles. The van der Waals surface area contributed by atoms with Crippen LogP contribution < -0.4 is 5.73 Å². The maximum absolute atomic E-state index is 8.63. The van der Waals surface area contributed by atoms with Gasteiger partial charge in [-0.3, -0.25) is 0 Å². The average molecular weight is 171 g/mol. The molecule has 0 saturated heterocycles. The molecule has 0 aromatic carbocycles. The van der Waals surface area contributed by atoms with Crippen LogP contribution in [0.4, 0.5) is 0 Å². The van der Waals surface area contributed by atoms with Gasteiger partial charge in [0.25, 0.3) is 0 Å². The van der Waals surface area contributed by atoms with Gasteiger partial charge >= 0.3 is 0 Å². The molecular weight excluding hydrogens is 158 g/mol. The van der Waals surface area contributed by atoms with Crippen molar-refractivity contribution in [1.82, 2.24) is 0 Å². The minimum Gasteiger partial charge on any atom is -0.396 e. The van der Waals surface area contributed by atoms with Crippen molar-refractivity contribution in [1.29, 1.82) is 0 Å². The van der Waals surface area contributed by atoms with Crippen molar-refractivity contribution in [3.05, 3.63) is 21.9 Å². The molecule has 3 heteroatoms. The molecule has 0 unspecified atom stereocenters. The Morgan fingerprint density at radius 2 is 2.45 bits per heavy atom. The Bertz CT molecular complexity index is 222. The van der Waals surface area contributed by atoms with Crippen molar-refractivity contribution in [2.24, 2.45) is 5.73 Å². The second kappa shape index (κ2) is 3.85. The van der Waals surface area contributed by atoms with E-state index in [2.05, 4.69) is 11.4 Å². The third-order valence-electron chi connectivity index (χ3n) is 1.56. The number of rotatable bonds is 3. The van der Waals surface area contributed by atoms with Crippen LogP contribution in [0.2, 0.25) is 0 Å². The predicted molar refractivity (Wildman–Crippen MR) is 47.7 cm³/mol. The van der Waals surface area contributed by atoms with E-state index in [1.165, 1.54) is 5.56 Å². The lowest BCUT2D eigenvalue weighted by molar-refractivity contribution is 0.277. The second-order valence-electron chi connectivity index (χ2n) is 2.65. The quantitative estimate of drug-likeness (QED) is 0.723. The SMILES string of the molecule is Cc1csc([C@H](N)CCO)c1. The molecule has 0 amide bonds. The van der Waals surface area contributed by atoms with E-state index in [1.54, 1.807) is 11.3 Å². The van der Waals surface area contributed by atoms with Crippen LogP contribution >= 0.6 is 11.3 Å². The maximum Gasteiger partial charge on any atom is 0.0449 e. The van der Waals surface area contributed by atoms with Crippen molar-refractivity contribution in [2.75, 3.05) is 6.61 Å². The van der Waals surface area contributed by atoms with E-state index in [4.69, 9.17) is 10.8 Å². The number of thiophene rings is 1. The van der Waals surface area contributed by atoms with Crippen LogP contribution in [-0.4, -0.2) is 11.7 Å². The summed E-state index contributed by atoms with van der Waals surface area (Å²) in [4.78, 5) is 1.16. The van der Waals surface area contributed by atoms with Gasteiger partial charge in [0.2, 0.25) is 0 Å². The highest BCUT2D eigenvalue weighted by Gasteiger charge is 2.06. The van der Waals surface area contributed by atoms with Crippen molar-refractivity contribution < 1.29 is 5.11 Å². The summed E-state index contributed by atoms with van der Waals surface area (Å²) in [5.74, 6) is 0. The number of aliphatic hydroxyl groups excluding tert-OH is 1. The number of nitrogens with two attached hydrogens (primary N) is 1. The monoisotopic (exact) mass is 171 g/mol. The van der Waals surface area contributed by atoms with Crippen LogP contribution in [0.5, 0.6) is 0 Å². The molecule has 0 saturated carbocycles. The molecule has 62 valence electrons. The van der Waals surface area contributed by atoms with E-state index in [1.807, 2.05) is 6.92 Å². The summed E-state index contributed by atoms with van der Waals surface area (Å²) >= 11 is 1.66. The predicted octanol–water partition coefficient (Wildman–Crippen LogP) is 1.44. The van der Waals surface area contributed by atoms with Crippen LogP contribution in [0.1, 0.15) is 22.9 Å². The first-order valence-electron chi connectivity index (χ1n) is 3.65. The normalized spacial score (nSPS) is 13.4. The molecular formula is C8H13NOS. The van der Waals surface area contributed by atoms with Gasteiger partial charge in [-0.2, -0.15) is 0 Å². The molecule has 11 heavy (non-hydrogen) atoms. The van der Waals surface area contributed by atoms with Gasteiger partial charge < -0.3 is 10.8 Å². The molecule has 0 aliphatic carbocycles. The fraction of sp³-hybridized carbons (Fsp3) is 0.500. The first kappa shape index (κ1) is 8.71.